The van der Waals surface area contributed by atoms with E-state index < -0.39 is 0 Å². The summed E-state index contributed by atoms with van der Waals surface area (Å²) >= 11 is 1.45. The van der Waals surface area contributed by atoms with E-state index in [1.807, 2.05) is 27.7 Å². The second-order valence-corrected chi connectivity index (χ2v) is 10.3. The van der Waals surface area contributed by atoms with Gasteiger partial charge in [0.1, 0.15) is 10.5 Å². The predicted octanol–water partition coefficient (Wildman–Crippen LogP) is 3.80. The number of fused-ring (bicyclic) bond motifs is 3. The van der Waals surface area contributed by atoms with Gasteiger partial charge in [-0.05, 0) is 55.3 Å². The summed E-state index contributed by atoms with van der Waals surface area (Å²) in [5.41, 5.74) is 4.67. The summed E-state index contributed by atoms with van der Waals surface area (Å²) < 4.78 is 4.44. The molecule has 184 valence electrons. The van der Waals surface area contributed by atoms with Gasteiger partial charge in [-0.1, -0.05) is 19.1 Å². The van der Waals surface area contributed by atoms with Gasteiger partial charge in [0.15, 0.2) is 0 Å². The maximum absolute atomic E-state index is 12.9. The molecule has 0 spiro atoms. The van der Waals surface area contributed by atoms with Crippen LogP contribution in [0.4, 0.5) is 5.69 Å². The molecule has 1 saturated heterocycles. The Balaban J connectivity index is 1.23. The molecule has 8 nitrogen and oxygen atoms in total. The van der Waals surface area contributed by atoms with E-state index in [0.717, 1.165) is 48.6 Å². The molecule has 1 fully saturated rings. The SMILES string of the molecule is CCCn1c(=O)c2sccc2n2c(CCCC(=O)N3CCN(c4cc(C)ccc4C)CC3)nnc12. The first kappa shape index (κ1) is 23.5. The van der Waals surface area contributed by atoms with Gasteiger partial charge in [0, 0.05) is 51.3 Å². The standard InChI is InChI=1S/C26H32N6O2S/c1-4-11-31-25(34)24-20(10-16-35-24)32-22(27-28-26(31)32)6-5-7-23(33)30-14-12-29(13-15-30)21-17-18(2)8-9-19(21)3/h8-10,16-17H,4-7,11-15H2,1-3H3. The number of thiophene rings is 1. The zero-order valence-corrected chi connectivity index (χ0v) is 21.5. The van der Waals surface area contributed by atoms with Crippen LogP contribution >= 0.6 is 11.3 Å². The second kappa shape index (κ2) is 9.81. The summed E-state index contributed by atoms with van der Waals surface area (Å²) in [6.07, 6.45) is 2.68. The molecule has 0 aliphatic carbocycles. The number of carbonyl (C=O) groups excluding carboxylic acids is 1. The Morgan fingerprint density at radius 1 is 1.09 bits per heavy atom. The highest BCUT2D eigenvalue weighted by Crippen LogP contribution is 2.24. The molecule has 35 heavy (non-hydrogen) atoms. The van der Waals surface area contributed by atoms with Gasteiger partial charge in [0.05, 0.1) is 5.52 Å². The number of benzene rings is 1. The summed E-state index contributed by atoms with van der Waals surface area (Å²) in [5.74, 6) is 1.59. The lowest BCUT2D eigenvalue weighted by Gasteiger charge is -2.37. The van der Waals surface area contributed by atoms with Crippen molar-refractivity contribution in [3.05, 3.63) is 57.0 Å². The quantitative estimate of drug-likeness (QED) is 0.392. The van der Waals surface area contributed by atoms with Crippen molar-refractivity contribution in [3.8, 4) is 0 Å². The summed E-state index contributed by atoms with van der Waals surface area (Å²) in [5, 5.41) is 10.7. The molecule has 4 heterocycles. The topological polar surface area (TPSA) is 75.7 Å². The Labute approximate surface area is 208 Å². The molecule has 0 atom stereocenters. The smallest absolute Gasteiger partial charge is 0.272 e. The molecule has 4 aromatic rings. The number of nitrogens with zero attached hydrogens (tertiary/aromatic N) is 6. The van der Waals surface area contributed by atoms with Gasteiger partial charge in [-0.2, -0.15) is 0 Å². The van der Waals surface area contributed by atoms with Gasteiger partial charge >= 0.3 is 0 Å². The largest absolute Gasteiger partial charge is 0.368 e. The van der Waals surface area contributed by atoms with E-state index in [2.05, 4.69) is 47.1 Å². The number of hydrogen-bond acceptors (Lipinski definition) is 6. The van der Waals surface area contributed by atoms with Crippen molar-refractivity contribution >= 4 is 38.9 Å². The van der Waals surface area contributed by atoms with Gasteiger partial charge in [-0.25, -0.2) is 0 Å². The van der Waals surface area contributed by atoms with Gasteiger partial charge in [0.2, 0.25) is 11.7 Å². The Kier molecular flexibility index (Phi) is 6.60. The number of rotatable bonds is 7. The van der Waals surface area contributed by atoms with Crippen molar-refractivity contribution in [2.45, 2.75) is 53.0 Å². The van der Waals surface area contributed by atoms with Crippen LogP contribution in [-0.2, 0) is 17.8 Å². The Morgan fingerprint density at radius 2 is 1.89 bits per heavy atom. The zero-order chi connectivity index (χ0) is 24.5. The van der Waals surface area contributed by atoms with Gasteiger partial charge in [0.25, 0.3) is 5.56 Å². The monoisotopic (exact) mass is 492 g/mol. The van der Waals surface area contributed by atoms with Crippen molar-refractivity contribution < 1.29 is 4.79 Å². The third-order valence-corrected chi connectivity index (χ3v) is 7.75. The second-order valence-electron chi connectivity index (χ2n) is 9.35. The minimum absolute atomic E-state index is 0.00141. The number of aryl methyl sites for hydroxylation is 4. The number of amides is 1. The predicted molar refractivity (Wildman–Crippen MR) is 141 cm³/mol. The van der Waals surface area contributed by atoms with Crippen LogP contribution in [0.2, 0.25) is 0 Å². The van der Waals surface area contributed by atoms with Crippen LogP contribution in [0.25, 0.3) is 16.0 Å². The highest BCUT2D eigenvalue weighted by Gasteiger charge is 2.22. The summed E-state index contributed by atoms with van der Waals surface area (Å²) in [4.78, 5) is 30.2. The molecule has 1 aliphatic rings. The molecule has 5 rings (SSSR count). The number of piperazine rings is 1. The van der Waals surface area contributed by atoms with E-state index in [1.165, 1.54) is 28.2 Å². The van der Waals surface area contributed by atoms with Gasteiger partial charge < -0.3 is 9.80 Å². The maximum atomic E-state index is 12.9. The van der Waals surface area contributed by atoms with E-state index in [0.29, 0.717) is 31.6 Å². The van der Waals surface area contributed by atoms with Crippen LogP contribution < -0.4 is 10.5 Å². The van der Waals surface area contributed by atoms with Crippen molar-refractivity contribution in [3.63, 3.8) is 0 Å². The summed E-state index contributed by atoms with van der Waals surface area (Å²) in [6.45, 7) is 10.1. The fraction of sp³-hybridized carbons (Fsp3) is 0.462. The average Bonchev–Trinajstić information content (AvgIpc) is 3.51. The molecule has 9 heteroatoms. The zero-order valence-electron chi connectivity index (χ0n) is 20.7. The molecule has 0 bridgehead atoms. The Morgan fingerprint density at radius 3 is 2.66 bits per heavy atom. The van der Waals surface area contributed by atoms with Crippen LogP contribution in [-0.4, -0.2) is 56.2 Å². The first-order chi connectivity index (χ1) is 17.0. The minimum atomic E-state index is -0.00141. The van der Waals surface area contributed by atoms with Crippen molar-refractivity contribution in [1.82, 2.24) is 24.1 Å². The normalized spacial score (nSPS) is 14.4. The molecule has 0 saturated carbocycles. The van der Waals surface area contributed by atoms with Crippen LogP contribution in [0.3, 0.4) is 0 Å². The van der Waals surface area contributed by atoms with Crippen LogP contribution in [0.5, 0.6) is 0 Å². The summed E-state index contributed by atoms with van der Waals surface area (Å²) in [7, 11) is 0. The molecule has 1 aromatic carbocycles. The molecular weight excluding hydrogens is 460 g/mol. The van der Waals surface area contributed by atoms with Crippen molar-refractivity contribution in [2.24, 2.45) is 0 Å². The lowest BCUT2D eigenvalue weighted by atomic mass is 10.1. The van der Waals surface area contributed by atoms with Crippen molar-refractivity contribution in [1.29, 1.82) is 0 Å². The average molecular weight is 493 g/mol. The number of hydrogen-bond donors (Lipinski definition) is 0. The lowest BCUT2D eigenvalue weighted by Crippen LogP contribution is -2.49. The molecule has 0 unspecified atom stereocenters. The van der Waals surface area contributed by atoms with Gasteiger partial charge in [-0.15, -0.1) is 21.5 Å². The molecule has 0 N–H and O–H groups in total. The number of aromatic nitrogens is 4. The Hall–Kier alpha value is -3.20. The lowest BCUT2D eigenvalue weighted by molar-refractivity contribution is -0.131. The van der Waals surface area contributed by atoms with Gasteiger partial charge in [-0.3, -0.25) is 18.6 Å². The molecule has 3 aromatic heterocycles. The highest BCUT2D eigenvalue weighted by molar-refractivity contribution is 7.17. The number of anilines is 1. The third-order valence-electron chi connectivity index (χ3n) is 6.86. The number of carbonyl (C=O) groups is 1. The van der Waals surface area contributed by atoms with E-state index in [9.17, 15) is 9.59 Å². The first-order valence-electron chi connectivity index (χ1n) is 12.4. The summed E-state index contributed by atoms with van der Waals surface area (Å²) in [6, 6.07) is 8.50. The Bertz CT molecular complexity index is 1430. The fourth-order valence-corrected chi connectivity index (χ4v) is 5.80. The molecular formula is C26H32N6O2S. The van der Waals surface area contributed by atoms with E-state index in [-0.39, 0.29) is 11.5 Å². The van der Waals surface area contributed by atoms with E-state index in [4.69, 9.17) is 0 Å². The maximum Gasteiger partial charge on any atom is 0.272 e. The fourth-order valence-electron chi connectivity index (χ4n) is 4.98. The van der Waals surface area contributed by atoms with Crippen LogP contribution in [0.15, 0.2) is 34.4 Å². The van der Waals surface area contributed by atoms with E-state index >= 15 is 0 Å². The minimum Gasteiger partial charge on any atom is -0.368 e. The van der Waals surface area contributed by atoms with Crippen molar-refractivity contribution in [2.75, 3.05) is 31.1 Å². The first-order valence-corrected chi connectivity index (χ1v) is 13.3. The molecule has 0 radical (unpaired) electrons. The highest BCUT2D eigenvalue weighted by atomic mass is 32.1. The van der Waals surface area contributed by atoms with Crippen LogP contribution in [0, 0.1) is 13.8 Å². The molecule has 1 aliphatic heterocycles. The van der Waals surface area contributed by atoms with E-state index in [1.54, 1.807) is 4.57 Å². The molecule has 1 amide bonds. The van der Waals surface area contributed by atoms with Crippen LogP contribution in [0.1, 0.15) is 43.1 Å². The third kappa shape index (κ3) is 4.45.